The molecule has 1 fully saturated rings. The standard InChI is InChI=1S/C17H27N5OS/c1-4-14-15(24-12(3)19-14)11-22-17(23)21(5-2)16(20-22)10-13-6-8-18-9-7-13/h13,18H,4-11H2,1-3H3. The first-order valence-corrected chi connectivity index (χ1v) is 9.76. The Labute approximate surface area is 146 Å². The quantitative estimate of drug-likeness (QED) is 0.866. The highest BCUT2D eigenvalue weighted by atomic mass is 32.1. The molecule has 6 nitrogen and oxygen atoms in total. The van der Waals surface area contributed by atoms with Gasteiger partial charge in [-0.1, -0.05) is 6.92 Å². The van der Waals surface area contributed by atoms with E-state index in [9.17, 15) is 4.79 Å². The molecule has 24 heavy (non-hydrogen) atoms. The predicted octanol–water partition coefficient (Wildman–Crippen LogP) is 1.98. The maximum absolute atomic E-state index is 12.7. The molecule has 3 heterocycles. The zero-order valence-corrected chi connectivity index (χ0v) is 15.7. The highest BCUT2D eigenvalue weighted by Gasteiger charge is 2.20. The number of nitrogens with zero attached hydrogens (tertiary/aromatic N) is 4. The van der Waals surface area contributed by atoms with E-state index in [4.69, 9.17) is 0 Å². The lowest BCUT2D eigenvalue weighted by Crippen LogP contribution is -2.30. The fourth-order valence-corrected chi connectivity index (χ4v) is 4.46. The summed E-state index contributed by atoms with van der Waals surface area (Å²) in [5.74, 6) is 1.57. The summed E-state index contributed by atoms with van der Waals surface area (Å²) in [7, 11) is 0. The van der Waals surface area contributed by atoms with Crippen LogP contribution in [-0.4, -0.2) is 32.4 Å². The summed E-state index contributed by atoms with van der Waals surface area (Å²) in [6.07, 6.45) is 4.13. The van der Waals surface area contributed by atoms with E-state index >= 15 is 0 Å². The van der Waals surface area contributed by atoms with Crippen molar-refractivity contribution in [2.75, 3.05) is 13.1 Å². The van der Waals surface area contributed by atoms with Crippen LogP contribution < -0.4 is 11.0 Å². The number of nitrogens with one attached hydrogen (secondary N) is 1. The van der Waals surface area contributed by atoms with Crippen molar-refractivity contribution in [1.82, 2.24) is 24.6 Å². The molecule has 0 spiro atoms. The summed E-state index contributed by atoms with van der Waals surface area (Å²) in [5, 5.41) is 9.13. The summed E-state index contributed by atoms with van der Waals surface area (Å²) in [6, 6.07) is 0. The molecule has 3 rings (SSSR count). The SMILES string of the molecule is CCc1nc(C)sc1Cn1nc(CC2CCNCC2)n(CC)c1=O. The topological polar surface area (TPSA) is 64.7 Å². The molecule has 0 amide bonds. The maximum atomic E-state index is 12.7. The van der Waals surface area contributed by atoms with Crippen LogP contribution in [0, 0.1) is 12.8 Å². The Morgan fingerprint density at radius 3 is 2.71 bits per heavy atom. The molecular weight excluding hydrogens is 322 g/mol. The third kappa shape index (κ3) is 3.62. The highest BCUT2D eigenvalue weighted by molar-refractivity contribution is 7.11. The van der Waals surface area contributed by atoms with Crippen LogP contribution in [0.25, 0.3) is 0 Å². The zero-order valence-electron chi connectivity index (χ0n) is 14.8. The Morgan fingerprint density at radius 1 is 1.29 bits per heavy atom. The Hall–Kier alpha value is -1.47. The second-order valence-corrected chi connectivity index (χ2v) is 7.74. The summed E-state index contributed by atoms with van der Waals surface area (Å²) < 4.78 is 3.47. The van der Waals surface area contributed by atoms with E-state index in [-0.39, 0.29) is 5.69 Å². The summed E-state index contributed by atoms with van der Waals surface area (Å²) in [5.41, 5.74) is 1.10. The molecule has 7 heteroatoms. The molecule has 0 aliphatic carbocycles. The van der Waals surface area contributed by atoms with Crippen molar-refractivity contribution in [2.24, 2.45) is 5.92 Å². The van der Waals surface area contributed by atoms with Crippen LogP contribution in [0.5, 0.6) is 0 Å². The Morgan fingerprint density at radius 2 is 2.04 bits per heavy atom. The van der Waals surface area contributed by atoms with Crippen LogP contribution in [0.2, 0.25) is 0 Å². The largest absolute Gasteiger partial charge is 0.346 e. The number of piperidine rings is 1. The minimum Gasteiger partial charge on any atom is -0.317 e. The van der Waals surface area contributed by atoms with E-state index in [1.165, 1.54) is 12.8 Å². The van der Waals surface area contributed by atoms with Crippen molar-refractivity contribution >= 4 is 11.3 Å². The fraction of sp³-hybridized carbons (Fsp3) is 0.706. The minimum absolute atomic E-state index is 0.00883. The van der Waals surface area contributed by atoms with E-state index < -0.39 is 0 Å². The normalized spacial score (nSPS) is 16.0. The smallest absolute Gasteiger partial charge is 0.317 e. The van der Waals surface area contributed by atoms with Gasteiger partial charge in [0.15, 0.2) is 0 Å². The van der Waals surface area contributed by atoms with Crippen molar-refractivity contribution in [3.8, 4) is 0 Å². The van der Waals surface area contributed by atoms with Crippen molar-refractivity contribution < 1.29 is 0 Å². The molecule has 1 aliphatic rings. The van der Waals surface area contributed by atoms with Gasteiger partial charge in [-0.3, -0.25) is 4.57 Å². The van der Waals surface area contributed by atoms with Gasteiger partial charge < -0.3 is 5.32 Å². The monoisotopic (exact) mass is 349 g/mol. The average molecular weight is 350 g/mol. The number of aryl methyl sites for hydroxylation is 2. The fourth-order valence-electron chi connectivity index (χ4n) is 3.45. The second kappa shape index (κ2) is 7.61. The van der Waals surface area contributed by atoms with Gasteiger partial charge in [0.1, 0.15) is 5.82 Å². The second-order valence-electron chi connectivity index (χ2n) is 6.45. The van der Waals surface area contributed by atoms with Crippen LogP contribution in [0.4, 0.5) is 0 Å². The molecule has 0 unspecified atom stereocenters. The van der Waals surface area contributed by atoms with E-state index in [1.807, 2.05) is 18.4 Å². The van der Waals surface area contributed by atoms with Gasteiger partial charge in [-0.25, -0.2) is 14.5 Å². The molecule has 0 bridgehead atoms. The maximum Gasteiger partial charge on any atom is 0.346 e. The van der Waals surface area contributed by atoms with Crippen molar-refractivity contribution in [3.05, 3.63) is 31.9 Å². The number of thiazole rings is 1. The van der Waals surface area contributed by atoms with Gasteiger partial charge in [-0.2, -0.15) is 5.10 Å². The van der Waals surface area contributed by atoms with Gasteiger partial charge in [-0.05, 0) is 52.1 Å². The number of hydrogen-bond acceptors (Lipinski definition) is 5. The van der Waals surface area contributed by atoms with Crippen molar-refractivity contribution in [2.45, 2.75) is 59.5 Å². The molecule has 2 aromatic heterocycles. The molecule has 1 N–H and O–H groups in total. The summed E-state index contributed by atoms with van der Waals surface area (Å²) >= 11 is 1.67. The molecule has 0 atom stereocenters. The molecule has 0 aromatic carbocycles. The molecule has 2 aromatic rings. The number of hydrogen-bond donors (Lipinski definition) is 1. The lowest BCUT2D eigenvalue weighted by Gasteiger charge is -2.21. The van der Waals surface area contributed by atoms with Crippen molar-refractivity contribution in [1.29, 1.82) is 0 Å². The van der Waals surface area contributed by atoms with E-state index in [0.29, 0.717) is 19.0 Å². The lowest BCUT2D eigenvalue weighted by molar-refractivity contribution is 0.362. The Bertz CT molecular complexity index is 739. The third-order valence-corrected chi connectivity index (χ3v) is 5.76. The minimum atomic E-state index is 0.00883. The molecule has 132 valence electrons. The average Bonchev–Trinajstić information content (AvgIpc) is 3.08. The Balaban J connectivity index is 1.84. The first-order chi connectivity index (χ1) is 11.6. The van der Waals surface area contributed by atoms with E-state index in [1.54, 1.807) is 16.0 Å². The molecule has 1 aliphatic heterocycles. The number of aromatic nitrogens is 4. The third-order valence-electron chi connectivity index (χ3n) is 4.76. The van der Waals surface area contributed by atoms with Gasteiger partial charge in [-0.15, -0.1) is 11.3 Å². The van der Waals surface area contributed by atoms with Crippen LogP contribution >= 0.6 is 11.3 Å². The Kier molecular flexibility index (Phi) is 5.50. The van der Waals surface area contributed by atoms with E-state index in [0.717, 1.165) is 47.3 Å². The van der Waals surface area contributed by atoms with Crippen molar-refractivity contribution in [3.63, 3.8) is 0 Å². The van der Waals surface area contributed by atoms with Gasteiger partial charge in [0.05, 0.1) is 17.2 Å². The van der Waals surface area contributed by atoms with Crippen LogP contribution in [0.15, 0.2) is 4.79 Å². The van der Waals surface area contributed by atoms with Gasteiger partial charge in [0, 0.05) is 17.8 Å². The van der Waals surface area contributed by atoms with Crippen LogP contribution in [0.3, 0.4) is 0 Å². The first-order valence-electron chi connectivity index (χ1n) is 8.94. The van der Waals surface area contributed by atoms with Gasteiger partial charge >= 0.3 is 5.69 Å². The summed E-state index contributed by atoms with van der Waals surface area (Å²) in [4.78, 5) is 18.4. The summed E-state index contributed by atoms with van der Waals surface area (Å²) in [6.45, 7) is 9.51. The van der Waals surface area contributed by atoms with Crippen LogP contribution in [0.1, 0.15) is 48.1 Å². The highest BCUT2D eigenvalue weighted by Crippen LogP contribution is 2.20. The predicted molar refractivity (Wildman–Crippen MR) is 96.8 cm³/mol. The molecule has 0 radical (unpaired) electrons. The van der Waals surface area contributed by atoms with Gasteiger partial charge in [0.2, 0.25) is 0 Å². The zero-order chi connectivity index (χ0) is 17.1. The molecule has 0 saturated carbocycles. The van der Waals surface area contributed by atoms with E-state index in [2.05, 4.69) is 22.3 Å². The number of rotatable bonds is 6. The lowest BCUT2D eigenvalue weighted by atomic mass is 9.94. The first kappa shape index (κ1) is 17.4. The molecule has 1 saturated heterocycles. The van der Waals surface area contributed by atoms with Crippen LogP contribution in [-0.2, 0) is 25.9 Å². The van der Waals surface area contributed by atoms with Gasteiger partial charge in [0.25, 0.3) is 0 Å². The molecular formula is C17H27N5OS.